The number of benzene rings is 2. The fraction of sp³-hybridized carbons (Fsp3) is 0.0625. The number of nitrogens with zero attached hydrogens (tertiary/aromatic N) is 1. The average Bonchev–Trinajstić information content (AvgIpc) is 2.88. The average molecular weight is 251 g/mol. The molecule has 0 atom stereocenters. The molecule has 0 saturated carbocycles. The van der Waals surface area contributed by atoms with Crippen molar-refractivity contribution in [1.29, 1.82) is 0 Å². The summed E-state index contributed by atoms with van der Waals surface area (Å²) >= 11 is 0. The maximum Gasteiger partial charge on any atom is 0.220 e. The van der Waals surface area contributed by atoms with Crippen LogP contribution in [0.5, 0.6) is 5.75 Å². The fourth-order valence-electron chi connectivity index (χ4n) is 1.84. The van der Waals surface area contributed by atoms with E-state index < -0.39 is 0 Å². The molecule has 1 aromatic heterocycles. The van der Waals surface area contributed by atoms with E-state index in [4.69, 9.17) is 9.15 Å². The molecule has 2 aromatic carbocycles. The Bertz CT molecular complexity index is 678. The van der Waals surface area contributed by atoms with E-state index in [0.717, 1.165) is 22.4 Å². The number of aromatic nitrogens is 1. The summed E-state index contributed by atoms with van der Waals surface area (Å²) in [5, 5.41) is 0. The smallest absolute Gasteiger partial charge is 0.220 e. The first-order valence-electron chi connectivity index (χ1n) is 6.03. The summed E-state index contributed by atoms with van der Waals surface area (Å²) < 4.78 is 10.7. The van der Waals surface area contributed by atoms with Gasteiger partial charge < -0.3 is 9.15 Å². The first-order chi connectivity index (χ1) is 9.35. The molecule has 0 radical (unpaired) electrons. The molecule has 0 aliphatic rings. The van der Waals surface area contributed by atoms with Crippen LogP contribution in [-0.4, -0.2) is 12.1 Å². The summed E-state index contributed by atoms with van der Waals surface area (Å²) in [6.07, 6.45) is 3.83. The van der Waals surface area contributed by atoms with E-state index >= 15 is 0 Å². The maximum absolute atomic E-state index is 5.61. The summed E-state index contributed by atoms with van der Waals surface area (Å²) in [6.45, 7) is 0. The molecule has 0 aliphatic heterocycles. The van der Waals surface area contributed by atoms with Crippen molar-refractivity contribution in [1.82, 2.24) is 4.98 Å². The summed E-state index contributed by atoms with van der Waals surface area (Å²) in [6, 6.07) is 15.5. The Labute approximate surface area is 111 Å². The zero-order valence-corrected chi connectivity index (χ0v) is 10.5. The number of oxazole rings is 1. The minimum atomic E-state index is 0.608. The van der Waals surface area contributed by atoms with Crippen molar-refractivity contribution in [2.45, 2.75) is 0 Å². The van der Waals surface area contributed by atoms with Crippen LogP contribution in [0.15, 0.2) is 52.9 Å². The van der Waals surface area contributed by atoms with Gasteiger partial charge in [0.15, 0.2) is 5.58 Å². The molecule has 0 spiro atoms. The van der Waals surface area contributed by atoms with Crippen LogP contribution in [0.25, 0.3) is 23.3 Å². The van der Waals surface area contributed by atoms with Crippen molar-refractivity contribution in [2.75, 3.05) is 7.11 Å². The van der Waals surface area contributed by atoms with Gasteiger partial charge >= 0.3 is 0 Å². The minimum Gasteiger partial charge on any atom is -0.497 e. The summed E-state index contributed by atoms with van der Waals surface area (Å²) in [7, 11) is 1.66. The van der Waals surface area contributed by atoms with Gasteiger partial charge in [0, 0.05) is 6.08 Å². The van der Waals surface area contributed by atoms with Crippen LogP contribution in [0.1, 0.15) is 11.5 Å². The van der Waals surface area contributed by atoms with Crippen molar-refractivity contribution in [3.05, 3.63) is 60.0 Å². The molecule has 0 fully saturated rings. The fourth-order valence-corrected chi connectivity index (χ4v) is 1.84. The van der Waals surface area contributed by atoms with Gasteiger partial charge in [-0.25, -0.2) is 4.98 Å². The van der Waals surface area contributed by atoms with E-state index in [9.17, 15) is 0 Å². The molecular weight excluding hydrogens is 238 g/mol. The molecule has 3 nitrogen and oxygen atoms in total. The lowest BCUT2D eigenvalue weighted by molar-refractivity contribution is 0.415. The normalized spacial score (nSPS) is 11.2. The lowest BCUT2D eigenvalue weighted by Crippen LogP contribution is -1.81. The van der Waals surface area contributed by atoms with Gasteiger partial charge in [0.2, 0.25) is 5.89 Å². The lowest BCUT2D eigenvalue weighted by Gasteiger charge is -1.98. The number of fused-ring (bicyclic) bond motifs is 1. The van der Waals surface area contributed by atoms with Crippen LogP contribution in [0.4, 0.5) is 0 Å². The maximum atomic E-state index is 5.61. The predicted molar refractivity (Wildman–Crippen MR) is 75.9 cm³/mol. The molecule has 0 N–H and O–H groups in total. The highest BCUT2D eigenvalue weighted by molar-refractivity contribution is 5.75. The van der Waals surface area contributed by atoms with Gasteiger partial charge in [0.1, 0.15) is 11.3 Å². The number of rotatable bonds is 3. The second kappa shape index (κ2) is 4.98. The molecule has 0 unspecified atom stereocenters. The third kappa shape index (κ3) is 2.50. The third-order valence-corrected chi connectivity index (χ3v) is 2.84. The summed E-state index contributed by atoms with van der Waals surface area (Å²) in [4.78, 5) is 4.38. The molecule has 19 heavy (non-hydrogen) atoms. The number of ether oxygens (including phenoxy) is 1. The molecule has 94 valence electrons. The van der Waals surface area contributed by atoms with Gasteiger partial charge in [0.25, 0.3) is 0 Å². The second-order valence-corrected chi connectivity index (χ2v) is 4.13. The number of para-hydroxylation sites is 2. The van der Waals surface area contributed by atoms with Gasteiger partial charge in [0.05, 0.1) is 7.11 Å². The van der Waals surface area contributed by atoms with Crippen LogP contribution < -0.4 is 4.74 Å². The largest absolute Gasteiger partial charge is 0.497 e. The Kier molecular flexibility index (Phi) is 3.02. The SMILES string of the molecule is COc1ccc(C=Cc2nc3ccccc3o2)cc1. The topological polar surface area (TPSA) is 35.3 Å². The predicted octanol–water partition coefficient (Wildman–Crippen LogP) is 4.01. The molecule has 3 heteroatoms. The van der Waals surface area contributed by atoms with E-state index in [-0.39, 0.29) is 0 Å². The van der Waals surface area contributed by atoms with E-state index in [1.807, 2.05) is 60.7 Å². The van der Waals surface area contributed by atoms with Crippen molar-refractivity contribution in [3.8, 4) is 5.75 Å². The minimum absolute atomic E-state index is 0.608. The summed E-state index contributed by atoms with van der Waals surface area (Å²) in [5.74, 6) is 1.45. The molecule has 0 saturated heterocycles. The first-order valence-corrected chi connectivity index (χ1v) is 6.03. The Morgan fingerprint density at radius 3 is 2.53 bits per heavy atom. The van der Waals surface area contributed by atoms with Gasteiger partial charge in [-0.3, -0.25) is 0 Å². The molecule has 0 amide bonds. The van der Waals surface area contributed by atoms with E-state index in [1.54, 1.807) is 7.11 Å². The molecule has 0 bridgehead atoms. The molecule has 3 rings (SSSR count). The Balaban J connectivity index is 1.84. The third-order valence-electron chi connectivity index (χ3n) is 2.84. The molecule has 0 aliphatic carbocycles. The van der Waals surface area contributed by atoms with E-state index in [0.29, 0.717) is 5.89 Å². The van der Waals surface area contributed by atoms with Gasteiger partial charge in [-0.2, -0.15) is 0 Å². The molecular formula is C16H13NO2. The van der Waals surface area contributed by atoms with Crippen molar-refractivity contribution in [3.63, 3.8) is 0 Å². The Hall–Kier alpha value is -2.55. The molecule has 1 heterocycles. The number of hydrogen-bond donors (Lipinski definition) is 0. The van der Waals surface area contributed by atoms with Crippen molar-refractivity contribution in [2.24, 2.45) is 0 Å². The van der Waals surface area contributed by atoms with Crippen LogP contribution >= 0.6 is 0 Å². The summed E-state index contributed by atoms with van der Waals surface area (Å²) in [5.41, 5.74) is 2.75. The van der Waals surface area contributed by atoms with Gasteiger partial charge in [-0.15, -0.1) is 0 Å². The van der Waals surface area contributed by atoms with Crippen molar-refractivity contribution >= 4 is 23.3 Å². The second-order valence-electron chi connectivity index (χ2n) is 4.13. The van der Waals surface area contributed by atoms with Crippen LogP contribution in [0.3, 0.4) is 0 Å². The quantitative estimate of drug-likeness (QED) is 0.705. The Morgan fingerprint density at radius 1 is 1.00 bits per heavy atom. The highest BCUT2D eigenvalue weighted by atomic mass is 16.5. The zero-order valence-electron chi connectivity index (χ0n) is 10.5. The van der Waals surface area contributed by atoms with E-state index in [1.165, 1.54) is 0 Å². The van der Waals surface area contributed by atoms with E-state index in [2.05, 4.69) is 4.98 Å². The Morgan fingerprint density at radius 2 is 1.79 bits per heavy atom. The zero-order chi connectivity index (χ0) is 13.1. The highest BCUT2D eigenvalue weighted by Gasteiger charge is 2.00. The number of methoxy groups -OCH3 is 1. The van der Waals surface area contributed by atoms with Crippen LogP contribution in [0, 0.1) is 0 Å². The lowest BCUT2D eigenvalue weighted by atomic mass is 10.2. The highest BCUT2D eigenvalue weighted by Crippen LogP contribution is 2.17. The first kappa shape index (κ1) is 11.5. The number of hydrogen-bond acceptors (Lipinski definition) is 3. The van der Waals surface area contributed by atoms with Crippen LogP contribution in [-0.2, 0) is 0 Å². The monoisotopic (exact) mass is 251 g/mol. The molecule has 3 aromatic rings. The van der Waals surface area contributed by atoms with Gasteiger partial charge in [-0.05, 0) is 35.9 Å². The standard InChI is InChI=1S/C16H13NO2/c1-18-13-9-6-12(7-10-13)8-11-16-17-14-4-2-3-5-15(14)19-16/h2-11H,1H3. The van der Waals surface area contributed by atoms with Gasteiger partial charge in [-0.1, -0.05) is 24.3 Å². The van der Waals surface area contributed by atoms with Crippen LogP contribution in [0.2, 0.25) is 0 Å². The van der Waals surface area contributed by atoms with Crippen molar-refractivity contribution < 1.29 is 9.15 Å².